The molecule has 0 radical (unpaired) electrons. The molecule has 1 aliphatic heterocycles. The highest BCUT2D eigenvalue weighted by Gasteiger charge is 2.28. The van der Waals surface area contributed by atoms with E-state index in [0.717, 1.165) is 30.0 Å². The summed E-state index contributed by atoms with van der Waals surface area (Å²) in [6, 6.07) is 5.25. The minimum absolute atomic E-state index is 0.330. The van der Waals surface area contributed by atoms with Gasteiger partial charge in [0.1, 0.15) is 17.4 Å². The minimum Gasteiger partial charge on any atom is -0.365 e. The summed E-state index contributed by atoms with van der Waals surface area (Å²) in [4.78, 5) is 26.5. The van der Waals surface area contributed by atoms with Crippen molar-refractivity contribution in [2.45, 2.75) is 13.0 Å². The SMILES string of the molecule is C[NH+]1CCc2c(sc(NC(=O)c3ccc(F)cc3)c2C(N)=O)C1. The number of hydrogen-bond acceptors (Lipinski definition) is 3. The topological polar surface area (TPSA) is 76.6 Å². The lowest BCUT2D eigenvalue weighted by Gasteiger charge is -2.19. The van der Waals surface area contributed by atoms with Gasteiger partial charge < -0.3 is 16.0 Å². The van der Waals surface area contributed by atoms with Crippen LogP contribution < -0.4 is 16.0 Å². The van der Waals surface area contributed by atoms with Gasteiger partial charge in [-0.25, -0.2) is 4.39 Å². The number of likely N-dealkylation sites (N-methyl/N-ethyl adjacent to an activating group) is 1. The van der Waals surface area contributed by atoms with Crippen LogP contribution >= 0.6 is 11.3 Å². The van der Waals surface area contributed by atoms with Crippen LogP contribution in [0, 0.1) is 5.82 Å². The number of amides is 2. The number of quaternary nitrogens is 1. The van der Waals surface area contributed by atoms with Gasteiger partial charge in [-0.2, -0.15) is 0 Å². The predicted octanol–water partition coefficient (Wildman–Crippen LogP) is 0.809. The van der Waals surface area contributed by atoms with Crippen LogP contribution in [0.2, 0.25) is 0 Å². The number of halogens is 1. The number of carbonyl (C=O) groups is 2. The summed E-state index contributed by atoms with van der Waals surface area (Å²) in [5, 5.41) is 3.22. The summed E-state index contributed by atoms with van der Waals surface area (Å²) in [7, 11) is 2.09. The molecule has 1 atom stereocenters. The van der Waals surface area contributed by atoms with Crippen LogP contribution in [0.5, 0.6) is 0 Å². The molecule has 0 aliphatic carbocycles. The zero-order valence-corrected chi connectivity index (χ0v) is 13.4. The van der Waals surface area contributed by atoms with E-state index >= 15 is 0 Å². The maximum Gasteiger partial charge on any atom is 0.256 e. The van der Waals surface area contributed by atoms with Gasteiger partial charge in [0, 0.05) is 12.0 Å². The standard InChI is InChI=1S/C16H16FN3O2S/c1-20-7-6-11-12(8-20)23-16(13(11)14(18)21)19-15(22)9-2-4-10(17)5-3-9/h2-5H,6-8H2,1H3,(H2,18,21)(H,19,22)/p+1. The van der Waals surface area contributed by atoms with Gasteiger partial charge in [-0.05, 0) is 29.8 Å². The number of primary amides is 1. The highest BCUT2D eigenvalue weighted by molar-refractivity contribution is 7.17. The second-order valence-electron chi connectivity index (χ2n) is 5.67. The zero-order chi connectivity index (χ0) is 16.6. The van der Waals surface area contributed by atoms with E-state index in [1.54, 1.807) is 0 Å². The molecule has 120 valence electrons. The van der Waals surface area contributed by atoms with E-state index in [9.17, 15) is 14.0 Å². The average Bonchev–Trinajstić information content (AvgIpc) is 2.84. The zero-order valence-electron chi connectivity index (χ0n) is 12.6. The fourth-order valence-electron chi connectivity index (χ4n) is 2.75. The molecule has 0 saturated heterocycles. The Morgan fingerprint density at radius 1 is 1.30 bits per heavy atom. The molecule has 5 nitrogen and oxygen atoms in total. The van der Waals surface area contributed by atoms with E-state index in [-0.39, 0.29) is 5.91 Å². The lowest BCUT2D eigenvalue weighted by atomic mass is 10.0. The van der Waals surface area contributed by atoms with E-state index < -0.39 is 11.7 Å². The Hall–Kier alpha value is -2.25. The van der Waals surface area contributed by atoms with Gasteiger partial charge >= 0.3 is 0 Å². The number of anilines is 1. The molecule has 23 heavy (non-hydrogen) atoms. The fraction of sp³-hybridized carbons (Fsp3) is 0.250. The van der Waals surface area contributed by atoms with E-state index in [0.29, 0.717) is 16.1 Å². The van der Waals surface area contributed by atoms with Gasteiger partial charge in [-0.1, -0.05) is 0 Å². The summed E-state index contributed by atoms with van der Waals surface area (Å²) < 4.78 is 12.9. The first-order chi connectivity index (χ1) is 11.0. The largest absolute Gasteiger partial charge is 0.365 e. The number of fused-ring (bicyclic) bond motifs is 1. The number of benzene rings is 1. The normalized spacial score (nSPS) is 16.7. The smallest absolute Gasteiger partial charge is 0.256 e. The molecule has 2 amide bonds. The van der Waals surface area contributed by atoms with Crippen molar-refractivity contribution in [2.24, 2.45) is 5.73 Å². The molecule has 0 spiro atoms. The molecule has 4 N–H and O–H groups in total. The van der Waals surface area contributed by atoms with Crippen molar-refractivity contribution in [3.63, 3.8) is 0 Å². The third kappa shape index (κ3) is 3.11. The molecule has 1 aromatic heterocycles. The van der Waals surface area contributed by atoms with Crippen LogP contribution in [0.1, 0.15) is 31.2 Å². The number of thiophene rings is 1. The van der Waals surface area contributed by atoms with Crippen molar-refractivity contribution in [2.75, 3.05) is 18.9 Å². The summed E-state index contributed by atoms with van der Waals surface area (Å²) in [5.74, 6) is -1.32. The van der Waals surface area contributed by atoms with Crippen LogP contribution in [-0.4, -0.2) is 25.4 Å². The molecule has 7 heteroatoms. The first-order valence-corrected chi connectivity index (χ1v) is 8.10. The predicted molar refractivity (Wildman–Crippen MR) is 86.4 cm³/mol. The van der Waals surface area contributed by atoms with Crippen molar-refractivity contribution in [3.8, 4) is 0 Å². The van der Waals surface area contributed by atoms with Crippen molar-refractivity contribution in [3.05, 3.63) is 51.7 Å². The number of carbonyl (C=O) groups excluding carboxylic acids is 2. The second kappa shape index (κ2) is 6.10. The monoisotopic (exact) mass is 334 g/mol. The first kappa shape index (κ1) is 15.6. The van der Waals surface area contributed by atoms with E-state index in [1.807, 2.05) is 0 Å². The Morgan fingerprint density at radius 2 is 2.00 bits per heavy atom. The first-order valence-electron chi connectivity index (χ1n) is 7.28. The molecule has 0 bridgehead atoms. The number of nitrogens with two attached hydrogens (primary N) is 1. The second-order valence-corrected chi connectivity index (χ2v) is 6.77. The summed E-state index contributed by atoms with van der Waals surface area (Å²) in [6.45, 7) is 1.74. The quantitative estimate of drug-likeness (QED) is 0.777. The van der Waals surface area contributed by atoms with Gasteiger partial charge in [-0.3, -0.25) is 9.59 Å². The molecular weight excluding hydrogens is 317 g/mol. The van der Waals surface area contributed by atoms with Crippen LogP contribution in [0.3, 0.4) is 0 Å². The van der Waals surface area contributed by atoms with Crippen molar-refractivity contribution in [1.82, 2.24) is 0 Å². The number of hydrogen-bond donors (Lipinski definition) is 3. The lowest BCUT2D eigenvalue weighted by molar-refractivity contribution is -0.895. The highest BCUT2D eigenvalue weighted by Crippen LogP contribution is 2.34. The molecular formula is C16H17FN3O2S+. The highest BCUT2D eigenvalue weighted by atomic mass is 32.1. The summed E-state index contributed by atoms with van der Waals surface area (Å²) in [5.41, 5.74) is 7.20. The Labute approximate surface area is 136 Å². The molecule has 3 rings (SSSR count). The van der Waals surface area contributed by atoms with Crippen molar-refractivity contribution >= 4 is 28.2 Å². The average molecular weight is 334 g/mol. The van der Waals surface area contributed by atoms with Gasteiger partial charge in [-0.15, -0.1) is 11.3 Å². The van der Waals surface area contributed by atoms with E-state index in [1.165, 1.54) is 40.5 Å². The van der Waals surface area contributed by atoms with Gasteiger partial charge in [0.25, 0.3) is 11.8 Å². The lowest BCUT2D eigenvalue weighted by Crippen LogP contribution is -3.08. The molecule has 0 fully saturated rings. The molecule has 2 heterocycles. The molecule has 1 aliphatic rings. The van der Waals surface area contributed by atoms with E-state index in [4.69, 9.17) is 5.73 Å². The maximum absolute atomic E-state index is 12.9. The summed E-state index contributed by atoms with van der Waals surface area (Å²) in [6.07, 6.45) is 0.766. The number of nitrogens with one attached hydrogen (secondary N) is 2. The fourth-order valence-corrected chi connectivity index (χ4v) is 4.11. The molecule has 0 saturated carbocycles. The van der Waals surface area contributed by atoms with Crippen LogP contribution in [0.15, 0.2) is 24.3 Å². The number of rotatable bonds is 3. The Kier molecular flexibility index (Phi) is 4.14. The van der Waals surface area contributed by atoms with Crippen molar-refractivity contribution < 1.29 is 18.9 Å². The third-order valence-electron chi connectivity index (χ3n) is 3.93. The van der Waals surface area contributed by atoms with Crippen molar-refractivity contribution in [1.29, 1.82) is 0 Å². The van der Waals surface area contributed by atoms with Gasteiger partial charge in [0.2, 0.25) is 0 Å². The molecule has 1 aromatic carbocycles. The maximum atomic E-state index is 12.9. The minimum atomic E-state index is -0.531. The Bertz CT molecular complexity index is 770. The Balaban J connectivity index is 1.92. The van der Waals surface area contributed by atoms with Crippen LogP contribution in [0.4, 0.5) is 9.39 Å². The molecule has 1 unspecified atom stereocenters. The molecule has 2 aromatic rings. The van der Waals surface area contributed by atoms with Gasteiger partial charge in [0.05, 0.1) is 24.0 Å². The Morgan fingerprint density at radius 3 is 2.65 bits per heavy atom. The van der Waals surface area contributed by atoms with Crippen LogP contribution in [-0.2, 0) is 13.0 Å². The third-order valence-corrected chi connectivity index (χ3v) is 5.08. The van der Waals surface area contributed by atoms with E-state index in [2.05, 4.69) is 12.4 Å². The summed E-state index contributed by atoms with van der Waals surface area (Å²) >= 11 is 1.39. The van der Waals surface area contributed by atoms with Crippen LogP contribution in [0.25, 0.3) is 0 Å². The van der Waals surface area contributed by atoms with Gasteiger partial charge in [0.15, 0.2) is 0 Å².